The fraction of sp³-hybridized carbons (Fsp3) is 0.357. The number of hydrogen-bond donors (Lipinski definition) is 2. The number of rotatable bonds is 2. The lowest BCUT2D eigenvalue weighted by atomic mass is 9.91. The molecule has 3 N–H and O–H groups in total. The van der Waals surface area contributed by atoms with E-state index in [0.29, 0.717) is 6.54 Å². The molecular formula is C14H17N5S. The molecule has 0 bridgehead atoms. The van der Waals surface area contributed by atoms with Crippen LogP contribution in [0.15, 0.2) is 18.2 Å². The lowest BCUT2D eigenvalue weighted by Crippen LogP contribution is -2.13. The number of aromatic nitrogens is 4. The van der Waals surface area contributed by atoms with Crippen LogP contribution in [0.5, 0.6) is 0 Å². The number of imidazole rings is 1. The van der Waals surface area contributed by atoms with Crippen LogP contribution in [-0.4, -0.2) is 19.6 Å². The largest absolute Gasteiger partial charge is 0.337 e. The topological polar surface area (TPSA) is 80.5 Å². The van der Waals surface area contributed by atoms with E-state index in [4.69, 9.17) is 5.73 Å². The van der Waals surface area contributed by atoms with E-state index >= 15 is 0 Å². The molecule has 0 spiro atoms. The van der Waals surface area contributed by atoms with Gasteiger partial charge in [-0.3, -0.25) is 0 Å². The zero-order valence-corrected chi connectivity index (χ0v) is 12.6. The molecule has 0 atom stereocenters. The van der Waals surface area contributed by atoms with Crippen LogP contribution in [0, 0.1) is 0 Å². The maximum Gasteiger partial charge on any atom is 0.152 e. The highest BCUT2D eigenvalue weighted by Gasteiger charge is 2.24. The molecule has 0 aliphatic heterocycles. The van der Waals surface area contributed by atoms with Crippen molar-refractivity contribution in [3.63, 3.8) is 0 Å². The van der Waals surface area contributed by atoms with Crippen LogP contribution in [0.4, 0.5) is 0 Å². The molecule has 0 fully saturated rings. The van der Waals surface area contributed by atoms with E-state index in [-0.39, 0.29) is 5.41 Å². The van der Waals surface area contributed by atoms with Crippen molar-refractivity contribution < 1.29 is 0 Å². The average Bonchev–Trinajstić information content (AvgIpc) is 3.03. The van der Waals surface area contributed by atoms with Crippen molar-refractivity contribution in [1.29, 1.82) is 0 Å². The molecular weight excluding hydrogens is 270 g/mol. The van der Waals surface area contributed by atoms with Gasteiger partial charge in [-0.25, -0.2) is 4.98 Å². The Hall–Kier alpha value is -1.79. The highest BCUT2D eigenvalue weighted by atomic mass is 32.1. The second kappa shape index (κ2) is 4.64. The number of benzene rings is 1. The van der Waals surface area contributed by atoms with Crippen LogP contribution in [0.2, 0.25) is 0 Å². The number of aromatic amines is 1. The van der Waals surface area contributed by atoms with Gasteiger partial charge in [0.05, 0.1) is 16.7 Å². The van der Waals surface area contributed by atoms with Crippen molar-refractivity contribution in [2.75, 3.05) is 0 Å². The fourth-order valence-electron chi connectivity index (χ4n) is 2.13. The first-order valence-corrected chi connectivity index (χ1v) is 7.28. The summed E-state index contributed by atoms with van der Waals surface area (Å²) >= 11 is 1.38. The smallest absolute Gasteiger partial charge is 0.152 e. The first kappa shape index (κ1) is 13.2. The van der Waals surface area contributed by atoms with Gasteiger partial charge in [-0.2, -0.15) is 0 Å². The van der Waals surface area contributed by atoms with E-state index in [0.717, 1.165) is 33.0 Å². The predicted molar refractivity (Wildman–Crippen MR) is 81.6 cm³/mol. The van der Waals surface area contributed by atoms with Crippen molar-refractivity contribution in [1.82, 2.24) is 19.6 Å². The fourth-order valence-corrected chi connectivity index (χ4v) is 2.95. The van der Waals surface area contributed by atoms with E-state index in [9.17, 15) is 0 Å². The second-order valence-electron chi connectivity index (χ2n) is 5.84. The highest BCUT2D eigenvalue weighted by Crippen LogP contribution is 2.33. The van der Waals surface area contributed by atoms with Gasteiger partial charge >= 0.3 is 0 Å². The Morgan fingerprint density at radius 1 is 1.30 bits per heavy atom. The predicted octanol–water partition coefficient (Wildman–Crippen LogP) is 2.84. The molecule has 3 aromatic rings. The molecule has 0 saturated carbocycles. The number of nitrogens with zero attached hydrogens (tertiary/aromatic N) is 3. The summed E-state index contributed by atoms with van der Waals surface area (Å²) < 4.78 is 4.08. The quantitative estimate of drug-likeness (QED) is 0.759. The maximum absolute atomic E-state index is 5.67. The van der Waals surface area contributed by atoms with Crippen molar-refractivity contribution >= 4 is 22.6 Å². The van der Waals surface area contributed by atoms with Gasteiger partial charge in [-0.1, -0.05) is 31.3 Å². The minimum atomic E-state index is -0.0519. The summed E-state index contributed by atoms with van der Waals surface area (Å²) in [6.45, 7) is 6.91. The Labute approximate surface area is 121 Å². The van der Waals surface area contributed by atoms with Crippen LogP contribution in [-0.2, 0) is 12.0 Å². The zero-order chi connectivity index (χ0) is 14.3. The molecule has 0 unspecified atom stereocenters. The summed E-state index contributed by atoms with van der Waals surface area (Å²) in [5.74, 6) is 0.828. The number of nitrogens with one attached hydrogen (secondary N) is 1. The number of H-pyrrole nitrogens is 1. The molecule has 6 heteroatoms. The number of hydrogen-bond acceptors (Lipinski definition) is 5. The Balaban J connectivity index is 2.13. The third-order valence-electron chi connectivity index (χ3n) is 3.20. The second-order valence-corrected chi connectivity index (χ2v) is 6.60. The van der Waals surface area contributed by atoms with Gasteiger partial charge in [0.15, 0.2) is 5.82 Å². The molecule has 0 aliphatic carbocycles. The van der Waals surface area contributed by atoms with Gasteiger partial charge in [0.1, 0.15) is 4.88 Å². The molecule has 5 nitrogen and oxygen atoms in total. The van der Waals surface area contributed by atoms with Gasteiger partial charge in [0, 0.05) is 12.0 Å². The first-order valence-electron chi connectivity index (χ1n) is 6.51. The summed E-state index contributed by atoms with van der Waals surface area (Å²) in [7, 11) is 0. The molecule has 0 radical (unpaired) electrons. The summed E-state index contributed by atoms with van der Waals surface area (Å²) in [5.41, 5.74) is 9.61. The van der Waals surface area contributed by atoms with Crippen molar-refractivity contribution in [3.05, 3.63) is 29.5 Å². The summed E-state index contributed by atoms with van der Waals surface area (Å²) in [6.07, 6.45) is 0. The van der Waals surface area contributed by atoms with Crippen LogP contribution >= 0.6 is 11.5 Å². The third kappa shape index (κ3) is 2.21. The molecule has 20 heavy (non-hydrogen) atoms. The molecule has 104 valence electrons. The summed E-state index contributed by atoms with van der Waals surface area (Å²) in [4.78, 5) is 8.99. The van der Waals surface area contributed by atoms with Gasteiger partial charge < -0.3 is 10.7 Å². The van der Waals surface area contributed by atoms with E-state index in [1.165, 1.54) is 11.5 Å². The molecule has 1 aromatic carbocycles. The Kier molecular flexibility index (Phi) is 3.07. The lowest BCUT2D eigenvalue weighted by Gasteiger charge is -2.15. The molecule has 2 heterocycles. The van der Waals surface area contributed by atoms with Crippen LogP contribution in [0.25, 0.3) is 21.7 Å². The molecule has 2 aromatic heterocycles. The molecule has 0 saturated heterocycles. The van der Waals surface area contributed by atoms with Crippen LogP contribution < -0.4 is 5.73 Å². The standard InChI is InChI=1S/C14H17N5S/c1-14(2,3)12-11(20-19-18-12)13-16-9-5-4-8(7-15)6-10(9)17-13/h4-6H,7,15H2,1-3H3,(H,16,17). The lowest BCUT2D eigenvalue weighted by molar-refractivity contribution is 0.568. The van der Waals surface area contributed by atoms with E-state index < -0.39 is 0 Å². The normalized spacial score (nSPS) is 12.2. The van der Waals surface area contributed by atoms with Gasteiger partial charge in [-0.05, 0) is 29.2 Å². The van der Waals surface area contributed by atoms with Gasteiger partial charge in [-0.15, -0.1) is 5.10 Å². The van der Waals surface area contributed by atoms with E-state index in [2.05, 4.69) is 40.3 Å². The number of fused-ring (bicyclic) bond motifs is 1. The van der Waals surface area contributed by atoms with Crippen molar-refractivity contribution in [2.45, 2.75) is 32.7 Å². The summed E-state index contributed by atoms with van der Waals surface area (Å²) in [6, 6.07) is 6.03. The molecule has 0 amide bonds. The van der Waals surface area contributed by atoms with Crippen molar-refractivity contribution in [3.8, 4) is 10.7 Å². The highest BCUT2D eigenvalue weighted by molar-refractivity contribution is 7.09. The Morgan fingerprint density at radius 2 is 2.10 bits per heavy atom. The minimum absolute atomic E-state index is 0.0519. The number of nitrogens with two attached hydrogens (primary N) is 1. The van der Waals surface area contributed by atoms with Gasteiger partial charge in [0.2, 0.25) is 0 Å². The third-order valence-corrected chi connectivity index (χ3v) is 3.93. The average molecular weight is 287 g/mol. The zero-order valence-electron chi connectivity index (χ0n) is 11.8. The van der Waals surface area contributed by atoms with E-state index in [1.54, 1.807) is 0 Å². The van der Waals surface area contributed by atoms with E-state index in [1.807, 2.05) is 18.2 Å². The SMILES string of the molecule is CC(C)(C)c1nnsc1-c1nc2ccc(CN)cc2[nH]1. The minimum Gasteiger partial charge on any atom is -0.337 e. The Bertz CT molecular complexity index is 750. The van der Waals surface area contributed by atoms with Gasteiger partial charge in [0.25, 0.3) is 0 Å². The van der Waals surface area contributed by atoms with Crippen LogP contribution in [0.3, 0.4) is 0 Å². The maximum atomic E-state index is 5.67. The summed E-state index contributed by atoms with van der Waals surface area (Å²) in [5, 5.41) is 4.26. The Morgan fingerprint density at radius 3 is 2.80 bits per heavy atom. The van der Waals surface area contributed by atoms with Crippen molar-refractivity contribution in [2.24, 2.45) is 5.73 Å². The molecule has 0 aliphatic rings. The monoisotopic (exact) mass is 287 g/mol. The molecule has 3 rings (SSSR count). The van der Waals surface area contributed by atoms with Crippen LogP contribution in [0.1, 0.15) is 32.0 Å². The first-order chi connectivity index (χ1) is 9.49.